The molecule has 9 rings (SSSR count). The number of nitrogens with zero attached hydrogens (tertiary/aromatic N) is 5. The Morgan fingerprint density at radius 3 is 2.11 bits per heavy atom. The number of amides is 3. The number of alkyl carbamates (subject to hydrolysis) is 1. The quantitative estimate of drug-likeness (QED) is 0.0932. The van der Waals surface area contributed by atoms with Crippen LogP contribution in [0.4, 0.5) is 4.79 Å². The fraction of sp³-hybridized carbons (Fsp3) is 0.383. The predicted octanol–water partition coefficient (Wildman–Crippen LogP) is 7.42. The van der Waals surface area contributed by atoms with Crippen molar-refractivity contribution in [3.8, 4) is 45.3 Å². The first-order valence-electron chi connectivity index (χ1n) is 21.5. The molecule has 6 N–H and O–H groups in total. The molecular formula is C47H53N9O6. The standard InChI is InChI=1S/C47H53N9O6/c1-25(2)40(48)44(58)54-17-7-11-36(54)42-49-23-33(51-42)27-14-16-35-30(19-27)21-38-32-15-13-28(22-39(32)62-46(56(35)38)29-9-6-10-31(57)20-29)34-24-50-43(52-34)37-12-8-18-55(37)45(59)41(26(3)4)53-47(60)61-5/h6,9-10,13-16,19-26,36-37,40-41,46,57H,7-8,11-12,17-18,48H2,1-5H3,(H,49,51)(H,50,52)(H,53,60)/t36-,37-,40-,41-,46?/m0/s1. The summed E-state index contributed by atoms with van der Waals surface area (Å²) in [5.41, 5.74) is 13.3. The van der Waals surface area contributed by atoms with Crippen LogP contribution in [0.15, 0.2) is 79.1 Å². The second kappa shape index (κ2) is 16.3. The third-order valence-electron chi connectivity index (χ3n) is 12.6. The molecular weight excluding hydrogens is 787 g/mol. The van der Waals surface area contributed by atoms with E-state index in [1.807, 2.05) is 69.1 Å². The summed E-state index contributed by atoms with van der Waals surface area (Å²) >= 11 is 0. The van der Waals surface area contributed by atoms with Crippen LogP contribution >= 0.6 is 0 Å². The molecule has 15 heteroatoms. The molecule has 62 heavy (non-hydrogen) atoms. The number of hydrogen-bond donors (Lipinski definition) is 5. The van der Waals surface area contributed by atoms with Gasteiger partial charge in [0.15, 0.2) is 0 Å². The fourth-order valence-electron chi connectivity index (χ4n) is 9.22. The third-order valence-corrected chi connectivity index (χ3v) is 12.6. The molecule has 0 spiro atoms. The highest BCUT2D eigenvalue weighted by Crippen LogP contribution is 2.46. The van der Waals surface area contributed by atoms with Gasteiger partial charge in [-0.1, -0.05) is 52.0 Å². The normalized spacial score (nSPS) is 19.4. The Morgan fingerprint density at radius 1 is 0.839 bits per heavy atom. The predicted molar refractivity (Wildman–Crippen MR) is 234 cm³/mol. The minimum atomic E-state index is -0.726. The highest BCUT2D eigenvalue weighted by atomic mass is 16.5. The van der Waals surface area contributed by atoms with E-state index in [2.05, 4.69) is 44.1 Å². The molecule has 15 nitrogen and oxygen atoms in total. The van der Waals surface area contributed by atoms with E-state index in [0.29, 0.717) is 24.7 Å². The van der Waals surface area contributed by atoms with Gasteiger partial charge in [-0.05, 0) is 80.0 Å². The number of ether oxygens (including phenoxy) is 2. The van der Waals surface area contributed by atoms with Crippen LogP contribution in [0, 0.1) is 11.8 Å². The number of H-pyrrole nitrogens is 2. The number of fused-ring (bicyclic) bond motifs is 5. The first kappa shape index (κ1) is 40.8. The maximum absolute atomic E-state index is 13.8. The number of aromatic nitrogens is 5. The zero-order valence-electron chi connectivity index (χ0n) is 35.6. The van der Waals surface area contributed by atoms with Crippen molar-refractivity contribution in [2.45, 2.75) is 83.8 Å². The maximum Gasteiger partial charge on any atom is 0.407 e. The number of methoxy groups -OCH3 is 1. The van der Waals surface area contributed by atoms with Crippen LogP contribution in [-0.4, -0.2) is 89.6 Å². The van der Waals surface area contributed by atoms with Gasteiger partial charge in [-0.3, -0.25) is 9.59 Å². The van der Waals surface area contributed by atoms with Crippen molar-refractivity contribution < 1.29 is 29.0 Å². The average Bonchev–Trinajstić information content (AvgIpc) is 4.13. The number of imidazole rings is 2. The van der Waals surface area contributed by atoms with Gasteiger partial charge in [0.1, 0.15) is 29.2 Å². The molecule has 3 aromatic carbocycles. The number of aromatic amines is 2. The number of nitrogens with one attached hydrogen (secondary N) is 3. The number of nitrogens with two attached hydrogens (primary N) is 1. The Hall–Kier alpha value is -6.61. The van der Waals surface area contributed by atoms with Crippen LogP contribution in [0.5, 0.6) is 11.5 Å². The number of aromatic hydroxyl groups is 1. The molecule has 3 amide bonds. The summed E-state index contributed by atoms with van der Waals surface area (Å²) < 4.78 is 13.8. The van der Waals surface area contributed by atoms with E-state index in [1.54, 1.807) is 23.2 Å². The van der Waals surface area contributed by atoms with Gasteiger partial charge in [0.05, 0.1) is 60.2 Å². The van der Waals surface area contributed by atoms with Gasteiger partial charge in [0.25, 0.3) is 0 Å². The van der Waals surface area contributed by atoms with Gasteiger partial charge < -0.3 is 50.0 Å². The number of benzene rings is 3. The summed E-state index contributed by atoms with van der Waals surface area (Å²) in [7, 11) is 1.29. The number of carbonyl (C=O) groups is 3. The first-order chi connectivity index (χ1) is 29.9. The highest BCUT2D eigenvalue weighted by Gasteiger charge is 2.38. The molecule has 2 saturated heterocycles. The topological polar surface area (TPSA) is 197 Å². The van der Waals surface area contributed by atoms with Crippen LogP contribution in [0.2, 0.25) is 0 Å². The van der Waals surface area contributed by atoms with Crippen LogP contribution in [0.1, 0.15) is 88.9 Å². The van der Waals surface area contributed by atoms with E-state index in [0.717, 1.165) is 81.7 Å². The van der Waals surface area contributed by atoms with Crippen molar-refractivity contribution in [2.24, 2.45) is 17.6 Å². The Labute approximate surface area is 359 Å². The summed E-state index contributed by atoms with van der Waals surface area (Å²) in [6.45, 7) is 8.94. The van der Waals surface area contributed by atoms with E-state index in [4.69, 9.17) is 25.2 Å². The van der Waals surface area contributed by atoms with E-state index < -0.39 is 24.4 Å². The van der Waals surface area contributed by atoms with Gasteiger partial charge >= 0.3 is 6.09 Å². The maximum atomic E-state index is 13.8. The van der Waals surface area contributed by atoms with Gasteiger partial charge in [-0.25, -0.2) is 14.8 Å². The molecule has 0 saturated carbocycles. The summed E-state index contributed by atoms with van der Waals surface area (Å²) in [4.78, 5) is 59.3. The Morgan fingerprint density at radius 2 is 1.48 bits per heavy atom. The molecule has 3 aromatic heterocycles. The molecule has 0 radical (unpaired) electrons. The fourth-order valence-corrected chi connectivity index (χ4v) is 9.22. The van der Waals surface area contributed by atoms with Gasteiger partial charge in [-0.2, -0.15) is 0 Å². The molecule has 3 aliphatic rings. The van der Waals surface area contributed by atoms with E-state index in [9.17, 15) is 19.5 Å². The van der Waals surface area contributed by atoms with Gasteiger partial charge in [0, 0.05) is 40.7 Å². The van der Waals surface area contributed by atoms with E-state index >= 15 is 0 Å². The number of phenols is 1. The summed E-state index contributed by atoms with van der Waals surface area (Å²) in [5, 5.41) is 14.3. The van der Waals surface area contributed by atoms with Crippen molar-refractivity contribution in [1.82, 2.24) is 39.6 Å². The zero-order chi connectivity index (χ0) is 43.4. The third kappa shape index (κ3) is 7.33. The van der Waals surface area contributed by atoms with Crippen molar-refractivity contribution in [2.75, 3.05) is 20.2 Å². The second-order valence-electron chi connectivity index (χ2n) is 17.3. The second-order valence-corrected chi connectivity index (χ2v) is 17.3. The molecule has 6 aromatic rings. The Kier molecular flexibility index (Phi) is 10.8. The molecule has 0 bridgehead atoms. The lowest BCUT2D eigenvalue weighted by molar-refractivity contribution is -0.136. The van der Waals surface area contributed by atoms with Crippen LogP contribution in [0.3, 0.4) is 0 Å². The summed E-state index contributed by atoms with van der Waals surface area (Å²) in [6, 6.07) is 19.9. The molecule has 1 unspecified atom stereocenters. The molecule has 5 atom stereocenters. The van der Waals surface area contributed by atoms with Crippen LogP contribution in [-0.2, 0) is 14.3 Å². The van der Waals surface area contributed by atoms with Crippen molar-refractivity contribution in [3.63, 3.8) is 0 Å². The van der Waals surface area contributed by atoms with Crippen molar-refractivity contribution >= 4 is 28.8 Å². The van der Waals surface area contributed by atoms with Crippen LogP contribution < -0.4 is 15.8 Å². The van der Waals surface area contributed by atoms with Crippen LogP contribution in [0.25, 0.3) is 44.7 Å². The minimum Gasteiger partial charge on any atom is -0.508 e. The number of carbonyl (C=O) groups excluding carboxylic acids is 3. The number of rotatable bonds is 10. The largest absolute Gasteiger partial charge is 0.508 e. The number of phenolic OH excluding ortho intramolecular Hbond substituents is 1. The Balaban J connectivity index is 1.03. The SMILES string of the molecule is COC(=O)N[C@H](C(=O)N1CCC[C@H]1c1ncc(-c2ccc3c(c2)OC(c2cccc(O)c2)n2c-3cc3cc(-c4cnc([C@@H]5CCCN5C(=O)[C@@H](N)C(C)C)[nH]4)ccc32)[nH]1)C(C)C. The summed E-state index contributed by atoms with van der Waals surface area (Å²) in [6.07, 6.45) is 5.65. The monoisotopic (exact) mass is 839 g/mol. The Bertz CT molecular complexity index is 2660. The average molecular weight is 840 g/mol. The number of likely N-dealkylation sites (tertiary alicyclic amines) is 2. The lowest BCUT2D eigenvalue weighted by atomic mass is 10.0. The van der Waals surface area contributed by atoms with Crippen molar-refractivity contribution in [3.05, 3.63) is 96.3 Å². The molecule has 322 valence electrons. The van der Waals surface area contributed by atoms with Crippen molar-refractivity contribution in [1.29, 1.82) is 0 Å². The first-order valence-corrected chi connectivity index (χ1v) is 21.5. The molecule has 0 aliphatic carbocycles. The van der Waals surface area contributed by atoms with Gasteiger partial charge in [-0.15, -0.1) is 0 Å². The summed E-state index contributed by atoms with van der Waals surface area (Å²) in [5.74, 6) is 1.94. The molecule has 3 aliphatic heterocycles. The lowest BCUT2D eigenvalue weighted by Crippen LogP contribution is -2.51. The zero-order valence-corrected chi connectivity index (χ0v) is 35.6. The highest BCUT2D eigenvalue weighted by molar-refractivity contribution is 5.93. The molecule has 2 fully saturated rings. The van der Waals surface area contributed by atoms with E-state index in [-0.39, 0.29) is 41.5 Å². The van der Waals surface area contributed by atoms with E-state index in [1.165, 1.54) is 7.11 Å². The molecule has 6 heterocycles. The van der Waals surface area contributed by atoms with Gasteiger partial charge in [0.2, 0.25) is 18.0 Å². The lowest BCUT2D eigenvalue weighted by Gasteiger charge is -2.30. The smallest absolute Gasteiger partial charge is 0.407 e. The minimum absolute atomic E-state index is 0.0390. The number of hydrogen-bond acceptors (Lipinski definition) is 9.